The Labute approximate surface area is 143 Å². The van der Waals surface area contributed by atoms with Crippen molar-refractivity contribution in [3.8, 4) is 0 Å². The Hall–Kier alpha value is -1.86. The van der Waals surface area contributed by atoms with Crippen LogP contribution in [0, 0.1) is 6.92 Å². The number of carbonyl (C=O) groups is 2. The lowest BCUT2D eigenvalue weighted by atomic mass is 10.2. The van der Waals surface area contributed by atoms with Crippen LogP contribution < -0.4 is 0 Å². The molecule has 0 aliphatic carbocycles. The summed E-state index contributed by atoms with van der Waals surface area (Å²) in [6.07, 6.45) is 0. The van der Waals surface area contributed by atoms with Gasteiger partial charge in [0.25, 0.3) is 5.91 Å². The molecule has 0 unspecified atom stereocenters. The zero-order valence-electron chi connectivity index (χ0n) is 13.2. The third kappa shape index (κ3) is 5.07. The molecule has 1 aromatic heterocycles. The number of rotatable bonds is 6. The molecule has 0 aliphatic rings. The summed E-state index contributed by atoms with van der Waals surface area (Å²) in [6.45, 7) is 1.71. The number of thioether (sulfide) groups is 1. The molecule has 23 heavy (non-hydrogen) atoms. The van der Waals surface area contributed by atoms with Gasteiger partial charge in [-0.05, 0) is 19.1 Å². The van der Waals surface area contributed by atoms with Gasteiger partial charge in [0.2, 0.25) is 0 Å². The van der Waals surface area contributed by atoms with E-state index in [0.717, 1.165) is 15.6 Å². The van der Waals surface area contributed by atoms with Crippen LogP contribution in [0.2, 0.25) is 0 Å². The number of hydrogen-bond acceptors (Lipinski definition) is 6. The number of esters is 1. The number of aromatic nitrogens is 1. The number of likely N-dealkylation sites (N-methyl/N-ethyl adjacent to an activating group) is 1. The molecule has 0 bridgehead atoms. The fraction of sp³-hybridized carbons (Fsp3) is 0.312. The van der Waals surface area contributed by atoms with Crippen molar-refractivity contribution >= 4 is 35.0 Å². The first kappa shape index (κ1) is 17.5. The molecule has 0 N–H and O–H groups in total. The molecule has 0 saturated heterocycles. The van der Waals surface area contributed by atoms with E-state index >= 15 is 0 Å². The van der Waals surface area contributed by atoms with E-state index in [-0.39, 0.29) is 12.5 Å². The van der Waals surface area contributed by atoms with Crippen LogP contribution in [-0.4, -0.2) is 42.5 Å². The molecule has 0 aliphatic heterocycles. The van der Waals surface area contributed by atoms with E-state index in [9.17, 15) is 9.59 Å². The first-order valence-electron chi connectivity index (χ1n) is 6.97. The summed E-state index contributed by atoms with van der Waals surface area (Å²) in [5, 5.41) is 3.04. The van der Waals surface area contributed by atoms with Gasteiger partial charge in [-0.2, -0.15) is 0 Å². The summed E-state index contributed by atoms with van der Waals surface area (Å²) < 4.78 is 5.09. The Balaban J connectivity index is 2.01. The number of carbonyl (C=O) groups excluding carboxylic acids is 2. The fourth-order valence-electron chi connectivity index (χ4n) is 1.72. The zero-order chi connectivity index (χ0) is 16.8. The largest absolute Gasteiger partial charge is 0.452 e. The first-order valence-corrected chi connectivity index (χ1v) is 8.84. The van der Waals surface area contributed by atoms with Gasteiger partial charge in [0.1, 0.15) is 0 Å². The van der Waals surface area contributed by atoms with Crippen LogP contribution in [0.3, 0.4) is 0 Å². The molecule has 0 fully saturated rings. The molecule has 122 valence electrons. The first-order chi connectivity index (χ1) is 11.0. The average Bonchev–Trinajstić information content (AvgIpc) is 2.96. The summed E-state index contributed by atoms with van der Waals surface area (Å²) in [7, 11) is 3.24. The van der Waals surface area contributed by atoms with Crippen molar-refractivity contribution in [1.82, 2.24) is 9.88 Å². The normalized spacial score (nSPS) is 10.4. The van der Waals surface area contributed by atoms with Crippen LogP contribution in [-0.2, 0) is 15.3 Å². The van der Waals surface area contributed by atoms with Crippen molar-refractivity contribution in [2.24, 2.45) is 0 Å². The Morgan fingerprint density at radius 3 is 2.70 bits per heavy atom. The third-order valence-electron chi connectivity index (χ3n) is 2.97. The summed E-state index contributed by atoms with van der Waals surface area (Å²) >= 11 is 3.14. The Morgan fingerprint density at radius 2 is 2.04 bits per heavy atom. The maximum atomic E-state index is 12.2. The van der Waals surface area contributed by atoms with E-state index < -0.39 is 5.97 Å². The molecule has 2 rings (SSSR count). The smallest absolute Gasteiger partial charge is 0.339 e. The lowest BCUT2D eigenvalue weighted by Gasteiger charge is -2.12. The highest BCUT2D eigenvalue weighted by atomic mass is 32.2. The van der Waals surface area contributed by atoms with Crippen molar-refractivity contribution in [2.75, 3.05) is 20.7 Å². The predicted octanol–water partition coefficient (Wildman–Crippen LogP) is 2.99. The minimum absolute atomic E-state index is 0.249. The predicted molar refractivity (Wildman–Crippen MR) is 91.8 cm³/mol. The molecule has 1 heterocycles. The molecule has 0 radical (unpaired) electrons. The van der Waals surface area contributed by atoms with Crippen molar-refractivity contribution in [1.29, 1.82) is 0 Å². The second kappa shape index (κ2) is 8.12. The fourth-order valence-corrected chi connectivity index (χ4v) is 3.37. The molecule has 7 heteroatoms. The molecule has 1 amide bonds. The van der Waals surface area contributed by atoms with Crippen LogP contribution in [0.15, 0.2) is 34.5 Å². The Kier molecular flexibility index (Phi) is 6.18. The Bertz CT molecular complexity index is 698. The van der Waals surface area contributed by atoms with E-state index in [4.69, 9.17) is 4.74 Å². The van der Waals surface area contributed by atoms with Crippen molar-refractivity contribution < 1.29 is 14.3 Å². The highest BCUT2D eigenvalue weighted by Crippen LogP contribution is 2.27. The molecule has 5 nitrogen and oxygen atoms in total. The van der Waals surface area contributed by atoms with Gasteiger partial charge in [-0.15, -0.1) is 23.1 Å². The highest BCUT2D eigenvalue weighted by Gasteiger charge is 2.15. The van der Waals surface area contributed by atoms with Crippen LogP contribution in [0.1, 0.15) is 21.1 Å². The topological polar surface area (TPSA) is 59.5 Å². The van der Waals surface area contributed by atoms with Gasteiger partial charge in [0.05, 0.1) is 16.3 Å². The highest BCUT2D eigenvalue weighted by molar-refractivity contribution is 7.98. The monoisotopic (exact) mass is 350 g/mol. The molecule has 0 saturated carbocycles. The molecular formula is C16H18N2O3S2. The standard InChI is InChI=1S/C16H18N2O3S2/c1-11-17-12(9-22-11)10-23-14-7-5-4-6-13(14)16(20)21-8-15(19)18(2)3/h4-7,9H,8,10H2,1-3H3. The lowest BCUT2D eigenvalue weighted by molar-refractivity contribution is -0.131. The van der Waals surface area contributed by atoms with Crippen molar-refractivity contribution in [3.63, 3.8) is 0 Å². The van der Waals surface area contributed by atoms with E-state index in [1.807, 2.05) is 24.4 Å². The van der Waals surface area contributed by atoms with Crippen LogP contribution in [0.25, 0.3) is 0 Å². The van der Waals surface area contributed by atoms with Gasteiger partial charge in [0.15, 0.2) is 6.61 Å². The second-order valence-electron chi connectivity index (χ2n) is 5.01. The lowest BCUT2D eigenvalue weighted by Crippen LogP contribution is -2.27. The Morgan fingerprint density at radius 1 is 1.30 bits per heavy atom. The minimum Gasteiger partial charge on any atom is -0.452 e. The molecule has 1 aromatic carbocycles. The van der Waals surface area contributed by atoms with E-state index in [2.05, 4.69) is 4.98 Å². The molecule has 0 spiro atoms. The SMILES string of the molecule is Cc1nc(CSc2ccccc2C(=O)OCC(=O)N(C)C)cs1. The number of nitrogens with zero attached hydrogens (tertiary/aromatic N) is 2. The van der Waals surface area contributed by atoms with Gasteiger partial charge >= 0.3 is 5.97 Å². The number of ether oxygens (including phenoxy) is 1. The number of aryl methyl sites for hydroxylation is 1. The van der Waals surface area contributed by atoms with E-state index in [0.29, 0.717) is 11.3 Å². The van der Waals surface area contributed by atoms with Crippen LogP contribution in [0.5, 0.6) is 0 Å². The van der Waals surface area contributed by atoms with Gasteiger partial charge in [-0.25, -0.2) is 9.78 Å². The average molecular weight is 350 g/mol. The minimum atomic E-state index is -0.488. The number of amides is 1. The van der Waals surface area contributed by atoms with Gasteiger partial charge in [-0.3, -0.25) is 4.79 Å². The van der Waals surface area contributed by atoms with Gasteiger partial charge in [-0.1, -0.05) is 12.1 Å². The van der Waals surface area contributed by atoms with Gasteiger partial charge < -0.3 is 9.64 Å². The summed E-state index contributed by atoms with van der Waals surface area (Å²) in [5.41, 5.74) is 1.46. The molecule has 2 aromatic rings. The van der Waals surface area contributed by atoms with Gasteiger partial charge in [0, 0.05) is 30.1 Å². The maximum Gasteiger partial charge on any atom is 0.339 e. The van der Waals surface area contributed by atoms with Crippen molar-refractivity contribution in [2.45, 2.75) is 17.6 Å². The summed E-state index contributed by atoms with van der Waals surface area (Å²) in [6, 6.07) is 7.23. The quantitative estimate of drug-likeness (QED) is 0.592. The summed E-state index contributed by atoms with van der Waals surface area (Å²) in [4.78, 5) is 30.3. The maximum absolute atomic E-state index is 12.2. The van der Waals surface area contributed by atoms with Crippen molar-refractivity contribution in [3.05, 3.63) is 45.9 Å². The summed E-state index contributed by atoms with van der Waals surface area (Å²) in [5.74, 6) is -0.0511. The third-order valence-corrected chi connectivity index (χ3v) is 4.90. The zero-order valence-corrected chi connectivity index (χ0v) is 14.9. The number of benzene rings is 1. The molecular weight excluding hydrogens is 332 g/mol. The van der Waals surface area contributed by atoms with E-state index in [1.165, 1.54) is 16.7 Å². The van der Waals surface area contributed by atoms with E-state index in [1.54, 1.807) is 37.6 Å². The van der Waals surface area contributed by atoms with Crippen LogP contribution in [0.4, 0.5) is 0 Å². The number of thiazole rings is 1. The van der Waals surface area contributed by atoms with Crippen LogP contribution >= 0.6 is 23.1 Å². The molecule has 0 atom stereocenters. The second-order valence-corrected chi connectivity index (χ2v) is 7.09. The number of hydrogen-bond donors (Lipinski definition) is 0.